The minimum absolute atomic E-state index is 0.0802. The number of rotatable bonds is 2. The Kier molecular flexibility index (Phi) is 4.08. The number of H-pyrrole nitrogens is 1. The van der Waals surface area contributed by atoms with Gasteiger partial charge in [0, 0.05) is 31.1 Å². The third-order valence-electron chi connectivity index (χ3n) is 5.11. The lowest BCUT2D eigenvalue weighted by atomic mass is 9.94. The minimum atomic E-state index is -0.0802. The Morgan fingerprint density at radius 3 is 2.39 bits per heavy atom. The van der Waals surface area contributed by atoms with Crippen molar-refractivity contribution in [3.05, 3.63) is 93.7 Å². The van der Waals surface area contributed by atoms with Crippen LogP contribution in [0.3, 0.4) is 0 Å². The van der Waals surface area contributed by atoms with Crippen molar-refractivity contribution in [1.29, 1.82) is 0 Å². The summed E-state index contributed by atoms with van der Waals surface area (Å²) < 4.78 is 1.18. The largest absolute Gasteiger partial charge is 0.321 e. The van der Waals surface area contributed by atoms with Crippen LogP contribution in [0.15, 0.2) is 77.6 Å². The number of hydrogen-bond acceptors (Lipinski definition) is 2. The molecule has 0 saturated carbocycles. The van der Waals surface area contributed by atoms with E-state index in [1.165, 1.54) is 10.1 Å². The van der Waals surface area contributed by atoms with Crippen LogP contribution in [0.5, 0.6) is 0 Å². The second-order valence-electron chi connectivity index (χ2n) is 6.81. The number of thiophene rings is 1. The summed E-state index contributed by atoms with van der Waals surface area (Å²) in [6, 6.07) is 23.9. The van der Waals surface area contributed by atoms with Crippen LogP contribution in [0, 0.1) is 6.92 Å². The van der Waals surface area contributed by atoms with Crippen LogP contribution in [-0.2, 0) is 0 Å². The Morgan fingerprint density at radius 1 is 0.857 bits per heavy atom. The molecule has 0 fully saturated rings. The highest BCUT2D eigenvalue weighted by Crippen LogP contribution is 2.42. The highest BCUT2D eigenvalue weighted by Gasteiger charge is 2.20. The molecule has 0 aliphatic rings. The van der Waals surface area contributed by atoms with Crippen molar-refractivity contribution in [3.8, 4) is 21.6 Å². The number of pyridine rings is 1. The fourth-order valence-electron chi connectivity index (χ4n) is 3.80. The summed E-state index contributed by atoms with van der Waals surface area (Å²) in [5.41, 5.74) is 4.48. The van der Waals surface area contributed by atoms with Crippen LogP contribution < -0.4 is 5.56 Å². The molecular weight excluding hydrogens is 386 g/mol. The average molecular weight is 402 g/mol. The maximum absolute atomic E-state index is 13.3. The highest BCUT2D eigenvalue weighted by atomic mass is 35.5. The molecule has 3 aromatic carbocycles. The first-order chi connectivity index (χ1) is 13.6. The van der Waals surface area contributed by atoms with Gasteiger partial charge in [0.15, 0.2) is 0 Å². The van der Waals surface area contributed by atoms with Crippen LogP contribution in [0.1, 0.15) is 5.56 Å². The molecule has 5 aromatic rings. The third-order valence-corrected chi connectivity index (χ3v) is 6.63. The first kappa shape index (κ1) is 17.2. The van der Waals surface area contributed by atoms with E-state index in [1.807, 2.05) is 54.6 Å². The van der Waals surface area contributed by atoms with Crippen molar-refractivity contribution in [2.24, 2.45) is 0 Å². The molecular formula is C24H16ClNOS. The Bertz CT molecular complexity index is 1400. The number of halogens is 1. The molecule has 2 heterocycles. The molecule has 0 atom stereocenters. The van der Waals surface area contributed by atoms with Crippen LogP contribution in [0.25, 0.3) is 42.6 Å². The Hall–Kier alpha value is -2.88. The van der Waals surface area contributed by atoms with Gasteiger partial charge in [0.25, 0.3) is 5.56 Å². The van der Waals surface area contributed by atoms with Crippen molar-refractivity contribution in [2.45, 2.75) is 6.92 Å². The first-order valence-corrected chi connectivity index (χ1v) is 10.2. The van der Waals surface area contributed by atoms with E-state index in [0.29, 0.717) is 10.6 Å². The zero-order valence-electron chi connectivity index (χ0n) is 15.1. The number of fused-ring (bicyclic) bond motifs is 2. The summed E-state index contributed by atoms with van der Waals surface area (Å²) in [5, 5.41) is 2.79. The lowest BCUT2D eigenvalue weighted by Crippen LogP contribution is -2.11. The molecule has 1 N–H and O–H groups in total. The van der Waals surface area contributed by atoms with Crippen molar-refractivity contribution in [1.82, 2.24) is 4.98 Å². The highest BCUT2D eigenvalue weighted by molar-refractivity contribution is 7.22. The number of aromatic nitrogens is 1. The molecule has 5 rings (SSSR count). The second-order valence-corrected chi connectivity index (χ2v) is 8.30. The van der Waals surface area contributed by atoms with Crippen molar-refractivity contribution in [3.63, 3.8) is 0 Å². The summed E-state index contributed by atoms with van der Waals surface area (Å²) in [4.78, 5) is 17.3. The van der Waals surface area contributed by atoms with E-state index in [0.717, 1.165) is 32.5 Å². The van der Waals surface area contributed by atoms with E-state index in [2.05, 4.69) is 24.0 Å². The van der Waals surface area contributed by atoms with Gasteiger partial charge in [0.1, 0.15) is 0 Å². The zero-order chi connectivity index (χ0) is 19.3. The van der Waals surface area contributed by atoms with Gasteiger partial charge in [-0.05, 0) is 47.7 Å². The Morgan fingerprint density at radius 2 is 1.61 bits per heavy atom. The summed E-state index contributed by atoms with van der Waals surface area (Å²) in [5.74, 6) is 0. The monoisotopic (exact) mass is 401 g/mol. The molecule has 2 aromatic heterocycles. The number of benzene rings is 3. The maximum Gasteiger partial charge on any atom is 0.257 e. The normalized spacial score (nSPS) is 11.4. The Balaban J connectivity index is 1.97. The number of hydrogen-bond donors (Lipinski definition) is 1. The van der Waals surface area contributed by atoms with E-state index >= 15 is 0 Å². The summed E-state index contributed by atoms with van der Waals surface area (Å²) >= 11 is 7.98. The molecule has 28 heavy (non-hydrogen) atoms. The van der Waals surface area contributed by atoms with Crippen LogP contribution in [0.4, 0.5) is 0 Å². The summed E-state index contributed by atoms with van der Waals surface area (Å²) in [6.07, 6.45) is 0. The van der Waals surface area contributed by atoms with E-state index in [1.54, 1.807) is 17.4 Å². The molecule has 0 radical (unpaired) electrons. The van der Waals surface area contributed by atoms with Gasteiger partial charge in [-0.15, -0.1) is 11.3 Å². The molecule has 0 amide bonds. The summed E-state index contributed by atoms with van der Waals surface area (Å²) in [6.45, 7) is 2.09. The third kappa shape index (κ3) is 2.67. The topological polar surface area (TPSA) is 32.9 Å². The number of aryl methyl sites for hydroxylation is 1. The molecule has 136 valence electrons. The van der Waals surface area contributed by atoms with Gasteiger partial charge >= 0.3 is 0 Å². The summed E-state index contributed by atoms with van der Waals surface area (Å²) in [7, 11) is 0. The maximum atomic E-state index is 13.3. The van der Waals surface area contributed by atoms with Gasteiger partial charge in [0.2, 0.25) is 0 Å². The van der Waals surface area contributed by atoms with E-state index < -0.39 is 0 Å². The quantitative estimate of drug-likeness (QED) is 0.338. The predicted octanol–water partition coefficient (Wildman–Crippen LogP) is 7.04. The molecule has 0 bridgehead atoms. The second kappa shape index (κ2) is 6.62. The van der Waals surface area contributed by atoms with E-state index in [-0.39, 0.29) is 5.56 Å². The van der Waals surface area contributed by atoms with E-state index in [4.69, 9.17) is 11.6 Å². The van der Waals surface area contributed by atoms with Crippen LogP contribution in [-0.4, -0.2) is 4.98 Å². The smallest absolute Gasteiger partial charge is 0.257 e. The van der Waals surface area contributed by atoms with Gasteiger partial charge in [-0.25, -0.2) is 0 Å². The van der Waals surface area contributed by atoms with Gasteiger partial charge in [-0.2, -0.15) is 0 Å². The predicted molar refractivity (Wildman–Crippen MR) is 121 cm³/mol. The molecule has 0 spiro atoms. The first-order valence-electron chi connectivity index (χ1n) is 9.03. The van der Waals surface area contributed by atoms with Crippen LogP contribution >= 0.6 is 22.9 Å². The molecule has 2 nitrogen and oxygen atoms in total. The van der Waals surface area contributed by atoms with Crippen molar-refractivity contribution in [2.75, 3.05) is 0 Å². The molecule has 0 saturated heterocycles. The fourth-order valence-corrected chi connectivity index (χ4v) is 5.23. The van der Waals surface area contributed by atoms with Gasteiger partial charge in [-0.3, -0.25) is 4.79 Å². The average Bonchev–Trinajstić information content (AvgIpc) is 3.04. The molecule has 0 unspecified atom stereocenters. The lowest BCUT2D eigenvalue weighted by Gasteiger charge is -2.13. The van der Waals surface area contributed by atoms with Gasteiger partial charge in [0.05, 0.1) is 5.56 Å². The van der Waals surface area contributed by atoms with Crippen molar-refractivity contribution < 1.29 is 0 Å². The molecule has 4 heteroatoms. The van der Waals surface area contributed by atoms with Crippen molar-refractivity contribution >= 4 is 43.9 Å². The van der Waals surface area contributed by atoms with Gasteiger partial charge < -0.3 is 4.98 Å². The SMILES string of the molecule is Cc1c(-c2c(-c3ccccc3)c3cc(Cl)ccc3[nH]c2=O)sc2ccccc12. The van der Waals surface area contributed by atoms with E-state index in [9.17, 15) is 4.79 Å². The molecule has 0 aliphatic carbocycles. The van der Waals surface area contributed by atoms with Crippen LogP contribution in [0.2, 0.25) is 5.02 Å². The fraction of sp³-hybridized carbons (Fsp3) is 0.0417. The Labute approximate surface area is 171 Å². The minimum Gasteiger partial charge on any atom is -0.321 e. The number of aromatic amines is 1. The molecule has 0 aliphatic heterocycles. The lowest BCUT2D eigenvalue weighted by molar-refractivity contribution is 1.31. The standard InChI is InChI=1S/C24H16ClNOS/c1-14-17-9-5-6-10-20(17)28-23(14)22-21(15-7-3-2-4-8-15)18-13-16(25)11-12-19(18)26-24(22)27/h2-13H,1H3,(H,26,27). The zero-order valence-corrected chi connectivity index (χ0v) is 16.7. The number of nitrogens with one attached hydrogen (secondary N) is 1. The van der Waals surface area contributed by atoms with Gasteiger partial charge in [-0.1, -0.05) is 60.1 Å².